The zero-order valence-electron chi connectivity index (χ0n) is 7.19. The normalized spacial score (nSPS) is 9.88. The Kier molecular flexibility index (Phi) is 17.4. The molecule has 96 valence electrons. The van der Waals surface area contributed by atoms with Gasteiger partial charge in [0, 0.05) is 0 Å². The molecule has 15 heteroatoms. The third-order valence-corrected chi connectivity index (χ3v) is 0.750. The van der Waals surface area contributed by atoms with Crippen molar-refractivity contribution in [2.24, 2.45) is 0 Å². The first kappa shape index (κ1) is 25.6. The molecule has 0 aliphatic rings. The van der Waals surface area contributed by atoms with Gasteiger partial charge in [0.1, 0.15) is 0 Å². The molecular formula is CH2AgNaO11S2. The Morgan fingerprint density at radius 2 is 1.06 bits per heavy atom. The molecule has 0 aromatic heterocycles. The third-order valence-electron chi connectivity index (χ3n) is 0.194. The Bertz CT molecular complexity index is 331. The van der Waals surface area contributed by atoms with Crippen LogP contribution in [0.25, 0.3) is 0 Å². The van der Waals surface area contributed by atoms with Crippen LogP contribution < -0.4 is 29.6 Å². The summed E-state index contributed by atoms with van der Waals surface area (Å²) in [4.78, 5) is 8.56. The van der Waals surface area contributed by atoms with Gasteiger partial charge in [-0.25, -0.2) is 21.6 Å². The van der Waals surface area contributed by atoms with E-state index in [-0.39, 0.29) is 51.9 Å². The zero-order valence-corrected chi connectivity index (χ0v) is 12.3. The van der Waals surface area contributed by atoms with Crippen molar-refractivity contribution >= 4 is 27.0 Å². The van der Waals surface area contributed by atoms with E-state index in [1.165, 1.54) is 0 Å². The number of hydrogen-bond donors (Lipinski definition) is 2. The second kappa shape index (κ2) is 10.9. The molecule has 0 atom stereocenters. The second-order valence-electron chi connectivity index (χ2n) is 1.24. The number of carbonyl (C=O) groups is 1. The molecule has 0 radical (unpaired) electrons. The maximum Gasteiger partial charge on any atom is 1.00 e. The molecule has 11 nitrogen and oxygen atoms in total. The minimum absolute atomic E-state index is 0. The number of rotatable bonds is 3. The van der Waals surface area contributed by atoms with Crippen molar-refractivity contribution < 1.29 is 102 Å². The van der Waals surface area contributed by atoms with Crippen LogP contribution in [0, 0.1) is 0 Å². The van der Waals surface area contributed by atoms with Gasteiger partial charge in [-0.1, -0.05) is 0 Å². The van der Waals surface area contributed by atoms with Crippen molar-refractivity contribution in [2.45, 2.75) is 0 Å². The van der Waals surface area contributed by atoms with Crippen molar-refractivity contribution in [1.82, 2.24) is 0 Å². The van der Waals surface area contributed by atoms with E-state index < -0.39 is 27.0 Å². The molecule has 0 aromatic carbocycles. The average Bonchev–Trinajstić information content (AvgIpc) is 1.79. The van der Waals surface area contributed by atoms with Gasteiger partial charge in [-0.15, -0.1) is 8.67 Å². The molecule has 0 bridgehead atoms. The summed E-state index contributed by atoms with van der Waals surface area (Å²) in [5, 5.41) is 13.9. The Labute approximate surface area is 127 Å². The van der Waals surface area contributed by atoms with Crippen LogP contribution in [0.2, 0.25) is 0 Å². The van der Waals surface area contributed by atoms with Crippen molar-refractivity contribution in [3.05, 3.63) is 0 Å². The fourth-order valence-electron chi connectivity index (χ4n) is 0.0680. The standard InChI is InChI=1S/CH2O3.Ag.Na.H2O8S2/c2-1(3)4;;;1-9(2,3)7-8-10(4,5)6/h(H2,2,3,4);;;(H,1,2,3)(H,4,5,6)/q;2*+1;/p-2. The van der Waals surface area contributed by atoms with Crippen molar-refractivity contribution in [3.8, 4) is 0 Å². The summed E-state index contributed by atoms with van der Waals surface area (Å²) >= 11 is 0. The Hall–Kier alpha value is 0.750. The van der Waals surface area contributed by atoms with Gasteiger partial charge >= 0.3 is 58.1 Å². The van der Waals surface area contributed by atoms with Crippen LogP contribution in [-0.2, 0) is 51.8 Å². The third kappa shape index (κ3) is 46.4. The van der Waals surface area contributed by atoms with Crippen LogP contribution in [0.4, 0.5) is 4.79 Å². The van der Waals surface area contributed by atoms with E-state index >= 15 is 0 Å². The van der Waals surface area contributed by atoms with Crippen LogP contribution in [0.5, 0.6) is 0 Å². The summed E-state index contributed by atoms with van der Waals surface area (Å²) in [7, 11) is -10.6. The van der Waals surface area contributed by atoms with Crippen molar-refractivity contribution in [2.75, 3.05) is 0 Å². The minimum atomic E-state index is -5.31. The van der Waals surface area contributed by atoms with Crippen molar-refractivity contribution in [3.63, 3.8) is 0 Å². The summed E-state index contributed by atoms with van der Waals surface area (Å²) < 4.78 is 61.5. The summed E-state index contributed by atoms with van der Waals surface area (Å²) in [6.45, 7) is 0. The molecule has 0 saturated carbocycles. The predicted octanol–water partition coefficient (Wildman–Crippen LogP) is -4.92. The quantitative estimate of drug-likeness (QED) is 0.156. The van der Waals surface area contributed by atoms with Gasteiger partial charge in [-0.3, -0.25) is 0 Å². The first-order valence-electron chi connectivity index (χ1n) is 2.15. The first-order chi connectivity index (χ1) is 5.94. The SMILES string of the molecule is O=C(O)O.O=S(=O)([O-])OOS(=O)(=O)[O-].[Ag+].[Na+]. The molecule has 0 spiro atoms. The van der Waals surface area contributed by atoms with Crippen LogP contribution in [0.1, 0.15) is 0 Å². The van der Waals surface area contributed by atoms with E-state index in [2.05, 4.69) is 8.67 Å². The Morgan fingerprint density at radius 1 is 0.938 bits per heavy atom. The van der Waals surface area contributed by atoms with Gasteiger partial charge in [0.05, 0.1) is 0 Å². The largest absolute Gasteiger partial charge is 1.00 e. The van der Waals surface area contributed by atoms with Gasteiger partial charge in [0.15, 0.2) is 0 Å². The molecule has 0 saturated heterocycles. The summed E-state index contributed by atoms with van der Waals surface area (Å²) in [6.07, 6.45) is -1.83. The molecule has 16 heavy (non-hydrogen) atoms. The topological polar surface area (TPSA) is 190 Å². The van der Waals surface area contributed by atoms with Crippen LogP contribution in [-0.4, -0.2) is 42.3 Å². The average molecular weight is 385 g/mol. The molecule has 0 fully saturated rings. The molecule has 0 heterocycles. The number of carboxylic acid groups (broad SMARTS) is 2. The van der Waals surface area contributed by atoms with E-state index in [9.17, 15) is 25.9 Å². The fourth-order valence-corrected chi connectivity index (χ4v) is 0.612. The Balaban J connectivity index is -0.000000105. The smallest absolute Gasteiger partial charge is 0.724 e. The minimum Gasteiger partial charge on any atom is -0.724 e. The van der Waals surface area contributed by atoms with E-state index in [4.69, 9.17) is 15.0 Å². The molecule has 2 N–H and O–H groups in total. The number of hydrogen-bond acceptors (Lipinski definition) is 9. The molecule has 0 aliphatic carbocycles. The predicted molar refractivity (Wildman–Crippen MR) is 32.2 cm³/mol. The van der Waals surface area contributed by atoms with E-state index in [0.29, 0.717) is 0 Å². The maximum absolute atomic E-state index is 9.37. The summed E-state index contributed by atoms with van der Waals surface area (Å²) in [6, 6.07) is 0. The zero-order chi connectivity index (χ0) is 12.0. The van der Waals surface area contributed by atoms with Gasteiger partial charge in [0.25, 0.3) is 0 Å². The van der Waals surface area contributed by atoms with Crippen molar-refractivity contribution in [1.29, 1.82) is 0 Å². The van der Waals surface area contributed by atoms with Crippen LogP contribution in [0.15, 0.2) is 0 Å². The van der Waals surface area contributed by atoms with Gasteiger partial charge in [-0.05, 0) is 0 Å². The van der Waals surface area contributed by atoms with E-state index in [1.54, 1.807) is 0 Å². The summed E-state index contributed by atoms with van der Waals surface area (Å²) in [5.74, 6) is 0. The second-order valence-corrected chi connectivity index (χ2v) is 3.14. The summed E-state index contributed by atoms with van der Waals surface area (Å²) in [5.41, 5.74) is 0. The first-order valence-corrected chi connectivity index (χ1v) is 4.82. The van der Waals surface area contributed by atoms with E-state index in [1.807, 2.05) is 0 Å². The fraction of sp³-hybridized carbons (Fsp3) is 0. The van der Waals surface area contributed by atoms with Gasteiger partial charge in [0.2, 0.25) is 20.8 Å². The molecule has 0 rings (SSSR count). The van der Waals surface area contributed by atoms with Crippen LogP contribution in [0.3, 0.4) is 0 Å². The molecule has 0 unspecified atom stereocenters. The molecule has 0 aromatic rings. The Morgan fingerprint density at radius 3 is 1.12 bits per heavy atom. The van der Waals surface area contributed by atoms with Gasteiger partial charge < -0.3 is 19.3 Å². The molecule has 0 amide bonds. The molecular weight excluding hydrogens is 383 g/mol. The van der Waals surface area contributed by atoms with Crippen LogP contribution >= 0.6 is 0 Å². The van der Waals surface area contributed by atoms with E-state index in [0.717, 1.165) is 0 Å². The maximum atomic E-state index is 9.37. The van der Waals surface area contributed by atoms with Gasteiger partial charge in [-0.2, -0.15) is 0 Å². The molecule has 0 aliphatic heterocycles. The monoisotopic (exact) mass is 384 g/mol.